The summed E-state index contributed by atoms with van der Waals surface area (Å²) >= 11 is 0. The Morgan fingerprint density at radius 1 is 0.565 bits per heavy atom. The van der Waals surface area contributed by atoms with Crippen LogP contribution in [0.1, 0.15) is 0 Å². The van der Waals surface area contributed by atoms with E-state index < -0.39 is 47.6 Å². The number of hydrogen-bond donors (Lipinski definition) is 0. The first-order valence-electron chi connectivity index (χ1n) is 4.83. The number of hydrogen-bond acceptors (Lipinski definition) is 0. The number of alkyl halides is 14. The molecule has 0 bridgehead atoms. The highest BCUT2D eigenvalue weighted by Gasteiger charge is 3.03. The van der Waals surface area contributed by atoms with Gasteiger partial charge in [0.2, 0.25) is 0 Å². The van der Waals surface area contributed by atoms with E-state index in [9.17, 15) is 65.9 Å². The lowest BCUT2D eigenvalue weighted by molar-refractivity contribution is -0.471. The van der Waals surface area contributed by atoms with Crippen molar-refractivity contribution in [3.8, 4) is 0 Å². The summed E-state index contributed by atoms with van der Waals surface area (Å²) < 4.78 is 190. The topological polar surface area (TPSA) is 0 Å². The Kier molecular flexibility index (Phi) is 3.75. The zero-order valence-corrected chi connectivity index (χ0v) is 9.67. The number of rotatable bonds is 1. The van der Waals surface area contributed by atoms with Crippen molar-refractivity contribution < 1.29 is 65.9 Å². The molecule has 1 radical (unpaired) electrons. The van der Waals surface area contributed by atoms with Crippen LogP contribution >= 0.6 is 0 Å². The summed E-state index contributed by atoms with van der Waals surface area (Å²) in [7, 11) is 0. The minimum absolute atomic E-state index is 4.95. The third-order valence-corrected chi connectivity index (χ3v) is 2.99. The smallest absolute Gasteiger partial charge is 0.226 e. The van der Waals surface area contributed by atoms with E-state index in [0.717, 1.165) is 0 Å². The van der Waals surface area contributed by atoms with Crippen LogP contribution in [-0.4, -0.2) is 41.5 Å². The maximum atomic E-state index is 13.5. The third kappa shape index (κ3) is 1.78. The molecule has 137 valence electrons. The van der Waals surface area contributed by atoms with E-state index in [2.05, 4.69) is 0 Å². The summed E-state index contributed by atoms with van der Waals surface area (Å²) in [6.07, 6.45) is -12.7. The van der Waals surface area contributed by atoms with E-state index in [-0.39, 0.29) is 0 Å². The first-order valence-corrected chi connectivity index (χ1v) is 4.83. The van der Waals surface area contributed by atoms with Gasteiger partial charge in [-0.05, 0) is 0 Å². The Hall–Kier alpha value is -1.05. The summed E-state index contributed by atoms with van der Waals surface area (Å²) in [5, 5.41) is 0. The summed E-state index contributed by atoms with van der Waals surface area (Å²) in [5.41, 5.74) is -8.19. The molecule has 0 atom stereocenters. The van der Waals surface area contributed by atoms with E-state index in [0.29, 0.717) is 0 Å². The average molecular weight is 381 g/mol. The van der Waals surface area contributed by atoms with Gasteiger partial charge in [-0.3, -0.25) is 0 Å². The molecule has 0 heterocycles. The Labute approximate surface area is 115 Å². The molecule has 1 aliphatic rings. The summed E-state index contributed by atoms with van der Waals surface area (Å²) in [6, 6.07) is 0. The lowest BCUT2D eigenvalue weighted by Gasteiger charge is -2.52. The van der Waals surface area contributed by atoms with Crippen molar-refractivity contribution in [3.05, 3.63) is 6.17 Å². The molecule has 0 unspecified atom stereocenters. The molecule has 15 heteroatoms. The molecule has 1 rings (SSSR count). The molecule has 0 N–H and O–H groups in total. The zero-order valence-electron chi connectivity index (χ0n) is 9.67. The molecule has 23 heavy (non-hydrogen) atoms. The molecular formula is C8F15. The van der Waals surface area contributed by atoms with Crippen LogP contribution in [0.2, 0.25) is 0 Å². The maximum absolute atomic E-state index is 13.5. The van der Waals surface area contributed by atoms with Gasteiger partial charge in [-0.15, -0.1) is 0 Å². The van der Waals surface area contributed by atoms with Gasteiger partial charge >= 0.3 is 41.5 Å². The second kappa shape index (κ2) is 4.32. The zero-order chi connectivity index (χ0) is 19.1. The second-order valence-corrected chi connectivity index (χ2v) is 4.34. The first kappa shape index (κ1) is 20.0. The molecular weight excluding hydrogens is 381 g/mol. The fourth-order valence-corrected chi connectivity index (χ4v) is 1.69. The second-order valence-electron chi connectivity index (χ2n) is 4.34. The van der Waals surface area contributed by atoms with E-state index in [1.165, 1.54) is 0 Å². The lowest BCUT2D eigenvalue weighted by atomic mass is 9.70. The predicted molar refractivity (Wildman–Crippen MR) is 39.0 cm³/mol. The lowest BCUT2D eigenvalue weighted by Crippen LogP contribution is -2.84. The molecule has 1 fully saturated rings. The molecule has 0 aromatic rings. The fourth-order valence-electron chi connectivity index (χ4n) is 1.69. The van der Waals surface area contributed by atoms with Crippen LogP contribution in [0.4, 0.5) is 65.9 Å². The van der Waals surface area contributed by atoms with E-state index in [1.54, 1.807) is 0 Å². The van der Waals surface area contributed by atoms with Crippen LogP contribution in [0.25, 0.3) is 0 Å². The largest absolute Gasteiger partial charge is 0.457 e. The minimum atomic E-state index is -8.19. The van der Waals surface area contributed by atoms with Crippen molar-refractivity contribution in [2.75, 3.05) is 0 Å². The van der Waals surface area contributed by atoms with Crippen molar-refractivity contribution in [2.45, 2.75) is 41.5 Å². The predicted octanol–water partition coefficient (Wildman–Crippen LogP) is 4.95. The Morgan fingerprint density at radius 2 is 0.826 bits per heavy atom. The van der Waals surface area contributed by atoms with Gasteiger partial charge < -0.3 is 0 Å². The van der Waals surface area contributed by atoms with Crippen LogP contribution in [0.15, 0.2) is 0 Å². The monoisotopic (exact) mass is 381 g/mol. The summed E-state index contributed by atoms with van der Waals surface area (Å²) in [6.45, 7) is 0. The number of halogens is 15. The quantitative estimate of drug-likeness (QED) is 0.564. The summed E-state index contributed by atoms with van der Waals surface area (Å²) in [5.74, 6) is -38.6. The van der Waals surface area contributed by atoms with Crippen LogP contribution in [0, 0.1) is 6.17 Å². The van der Waals surface area contributed by atoms with Gasteiger partial charge in [0.1, 0.15) is 0 Å². The molecule has 0 saturated heterocycles. The van der Waals surface area contributed by atoms with Gasteiger partial charge in [0.05, 0.1) is 0 Å². The highest BCUT2D eigenvalue weighted by molar-refractivity contribution is 5.34. The molecule has 0 aromatic heterocycles. The maximum Gasteiger partial charge on any atom is 0.457 e. The highest BCUT2D eigenvalue weighted by atomic mass is 19.4. The molecule has 0 aliphatic heterocycles. The summed E-state index contributed by atoms with van der Waals surface area (Å²) in [4.78, 5) is 0. The fraction of sp³-hybridized carbons (Fsp3) is 0.875. The van der Waals surface area contributed by atoms with Crippen molar-refractivity contribution in [1.29, 1.82) is 0 Å². The van der Waals surface area contributed by atoms with E-state index >= 15 is 0 Å². The molecule has 0 aromatic carbocycles. The third-order valence-electron chi connectivity index (χ3n) is 2.99. The van der Waals surface area contributed by atoms with Gasteiger partial charge in [0.15, 0.2) is 0 Å². The molecule has 0 spiro atoms. The van der Waals surface area contributed by atoms with E-state index in [1.807, 2.05) is 0 Å². The van der Waals surface area contributed by atoms with Crippen LogP contribution in [0.5, 0.6) is 0 Å². The van der Waals surface area contributed by atoms with Crippen molar-refractivity contribution in [2.24, 2.45) is 0 Å². The minimum Gasteiger partial charge on any atom is -0.226 e. The van der Waals surface area contributed by atoms with E-state index in [4.69, 9.17) is 0 Å². The average Bonchev–Trinajstić information content (AvgIpc) is 2.32. The molecule has 0 nitrogen and oxygen atoms in total. The van der Waals surface area contributed by atoms with Gasteiger partial charge in [0.25, 0.3) is 6.17 Å². The van der Waals surface area contributed by atoms with Gasteiger partial charge in [0, 0.05) is 0 Å². The van der Waals surface area contributed by atoms with Crippen molar-refractivity contribution >= 4 is 0 Å². The normalized spacial score (nSPS) is 29.3. The van der Waals surface area contributed by atoms with Gasteiger partial charge in [-0.25, -0.2) is 8.78 Å². The Bertz CT molecular complexity index is 456. The van der Waals surface area contributed by atoms with Crippen molar-refractivity contribution in [3.63, 3.8) is 0 Å². The standard InChI is InChI=1S/C8F15/c9-1-2(10,11)5(15,16)4(14,6(17,18)3(1,12)13)7(19,20)8(21,22)23. The molecule has 1 saturated carbocycles. The highest BCUT2D eigenvalue weighted by Crippen LogP contribution is 2.72. The van der Waals surface area contributed by atoms with Crippen LogP contribution in [0.3, 0.4) is 0 Å². The van der Waals surface area contributed by atoms with Gasteiger partial charge in [-0.2, -0.15) is 57.1 Å². The van der Waals surface area contributed by atoms with Crippen LogP contribution < -0.4 is 0 Å². The molecule has 0 amide bonds. The SMILES string of the molecule is F[C]1C(F)(F)C(F)(F)C(F)(C(F)(F)C(F)(F)F)C(F)(F)C1(F)F. The Balaban J connectivity index is 3.93. The Morgan fingerprint density at radius 3 is 1.04 bits per heavy atom. The van der Waals surface area contributed by atoms with Crippen molar-refractivity contribution in [1.82, 2.24) is 0 Å². The van der Waals surface area contributed by atoms with Gasteiger partial charge in [-0.1, -0.05) is 0 Å². The molecule has 1 aliphatic carbocycles. The first-order chi connectivity index (χ1) is 9.65. The van der Waals surface area contributed by atoms with Crippen LogP contribution in [-0.2, 0) is 0 Å².